The number of aliphatic imine (C=N–C) groups is 2. The highest BCUT2D eigenvalue weighted by molar-refractivity contribution is 8.03. The first-order valence-corrected chi connectivity index (χ1v) is 13.5. The summed E-state index contributed by atoms with van der Waals surface area (Å²) >= 11 is 3.64. The molecule has 0 spiro atoms. The lowest BCUT2D eigenvalue weighted by atomic mass is 10.2. The van der Waals surface area contributed by atoms with Gasteiger partial charge in [-0.15, -0.1) is 23.5 Å². The first kappa shape index (κ1) is 25.6. The normalized spacial score (nSPS) is 11.3. The first-order chi connectivity index (χ1) is 17.7. The number of hydrogen-bond acceptors (Lipinski definition) is 6. The van der Waals surface area contributed by atoms with E-state index in [4.69, 9.17) is 19.5 Å². The molecule has 36 heavy (non-hydrogen) atoms. The minimum absolute atomic E-state index is 0.841. The van der Waals surface area contributed by atoms with Gasteiger partial charge in [-0.25, -0.2) is 0 Å². The molecule has 182 valence electrons. The second-order valence-electron chi connectivity index (χ2n) is 7.70. The quantitative estimate of drug-likeness (QED) is 0.116. The van der Waals surface area contributed by atoms with Crippen LogP contribution in [-0.2, 0) is 0 Å². The van der Waals surface area contributed by atoms with Crippen LogP contribution < -0.4 is 9.47 Å². The van der Waals surface area contributed by atoms with E-state index in [0.29, 0.717) is 0 Å². The van der Waals surface area contributed by atoms with E-state index in [-0.39, 0.29) is 0 Å². The maximum atomic E-state index is 5.23. The summed E-state index contributed by atoms with van der Waals surface area (Å²) in [6.07, 6.45) is 3.79. The zero-order valence-corrected chi connectivity index (χ0v) is 22.0. The molecule has 4 nitrogen and oxygen atoms in total. The molecule has 0 aliphatic carbocycles. The monoisotopic (exact) mass is 512 g/mol. The van der Waals surface area contributed by atoms with Crippen LogP contribution in [0.3, 0.4) is 0 Å². The third-order valence-corrected chi connectivity index (χ3v) is 7.65. The van der Waals surface area contributed by atoms with Crippen molar-refractivity contribution in [3.05, 3.63) is 108 Å². The largest absolute Gasteiger partial charge is 0.497 e. The molecule has 4 rings (SSSR count). The Hall–Kier alpha value is -3.48. The molecule has 0 aliphatic heterocycles. The van der Waals surface area contributed by atoms with Crippen molar-refractivity contribution in [2.24, 2.45) is 9.98 Å². The van der Waals surface area contributed by atoms with Crippen molar-refractivity contribution in [3.63, 3.8) is 0 Å². The smallest absolute Gasteiger partial charge is 0.118 e. The van der Waals surface area contributed by atoms with Gasteiger partial charge in [-0.1, -0.05) is 24.3 Å². The molecule has 0 aromatic heterocycles. The average molecular weight is 513 g/mol. The van der Waals surface area contributed by atoms with Gasteiger partial charge in [0, 0.05) is 33.7 Å². The number of para-hydroxylation sites is 2. The fraction of sp³-hybridized carbons (Fsp3) is 0.133. The van der Waals surface area contributed by atoms with Crippen LogP contribution in [0.2, 0.25) is 0 Å². The summed E-state index contributed by atoms with van der Waals surface area (Å²) in [6.45, 7) is 0. The molecule has 4 aromatic rings. The second-order valence-corrected chi connectivity index (χ2v) is 9.97. The predicted molar refractivity (Wildman–Crippen MR) is 155 cm³/mol. The highest BCUT2D eigenvalue weighted by Gasteiger charge is 2.04. The maximum absolute atomic E-state index is 5.23. The molecule has 4 aromatic carbocycles. The van der Waals surface area contributed by atoms with E-state index in [1.54, 1.807) is 14.2 Å². The van der Waals surface area contributed by atoms with Crippen molar-refractivity contribution < 1.29 is 9.47 Å². The Morgan fingerprint density at radius 2 is 0.944 bits per heavy atom. The fourth-order valence-electron chi connectivity index (χ4n) is 3.34. The summed E-state index contributed by atoms with van der Waals surface area (Å²) in [4.78, 5) is 11.8. The van der Waals surface area contributed by atoms with E-state index in [2.05, 4.69) is 36.4 Å². The van der Waals surface area contributed by atoms with Crippen molar-refractivity contribution in [1.82, 2.24) is 0 Å². The van der Waals surface area contributed by atoms with Crippen LogP contribution in [0.25, 0.3) is 0 Å². The minimum Gasteiger partial charge on any atom is -0.497 e. The van der Waals surface area contributed by atoms with Crippen LogP contribution in [0.1, 0.15) is 11.1 Å². The summed E-state index contributed by atoms with van der Waals surface area (Å²) in [6, 6.07) is 32.3. The molecule has 0 aliphatic rings. The Balaban J connectivity index is 1.33. The van der Waals surface area contributed by atoms with Crippen molar-refractivity contribution in [2.45, 2.75) is 9.79 Å². The van der Waals surface area contributed by atoms with E-state index < -0.39 is 0 Å². The molecular weight excluding hydrogens is 484 g/mol. The summed E-state index contributed by atoms with van der Waals surface area (Å²) in [5, 5.41) is 0. The Bertz CT molecular complexity index is 1200. The summed E-state index contributed by atoms with van der Waals surface area (Å²) in [5.41, 5.74) is 4.04. The van der Waals surface area contributed by atoms with Gasteiger partial charge in [-0.05, 0) is 83.9 Å². The van der Waals surface area contributed by atoms with E-state index in [0.717, 1.165) is 45.5 Å². The lowest BCUT2D eigenvalue weighted by Gasteiger charge is -2.07. The van der Waals surface area contributed by atoms with Crippen LogP contribution in [-0.4, -0.2) is 38.2 Å². The number of thioether (sulfide) groups is 2. The number of methoxy groups -OCH3 is 2. The Labute approximate surface area is 221 Å². The van der Waals surface area contributed by atoms with Gasteiger partial charge in [0.2, 0.25) is 0 Å². The molecule has 0 amide bonds. The molecule has 0 unspecified atom stereocenters. The molecule has 0 heterocycles. The number of hydrogen-bond donors (Lipinski definition) is 0. The summed E-state index contributed by atoms with van der Waals surface area (Å²) in [5.74, 6) is 3.62. The Kier molecular flexibility index (Phi) is 9.65. The topological polar surface area (TPSA) is 43.2 Å². The summed E-state index contributed by atoms with van der Waals surface area (Å²) in [7, 11) is 3.34. The molecule has 0 saturated carbocycles. The van der Waals surface area contributed by atoms with E-state index in [1.165, 1.54) is 9.79 Å². The Morgan fingerprint density at radius 3 is 1.33 bits per heavy atom. The van der Waals surface area contributed by atoms with E-state index in [1.807, 2.05) is 96.6 Å². The molecular formula is C30H28N2O2S2. The standard InChI is InChI=1S/C30H28N2O2S2/c1-33-25-15-11-23(12-16-25)21-31-27-7-3-5-9-29(27)35-19-20-36-30-10-6-4-8-28(30)32-22-24-13-17-26(34-2)18-14-24/h3-18,21-22H,19-20H2,1-2H3. The van der Waals surface area contributed by atoms with Crippen molar-refractivity contribution >= 4 is 47.3 Å². The Morgan fingerprint density at radius 1 is 0.556 bits per heavy atom. The zero-order chi connectivity index (χ0) is 25.0. The highest BCUT2D eigenvalue weighted by atomic mass is 32.2. The van der Waals surface area contributed by atoms with E-state index in [9.17, 15) is 0 Å². The number of ether oxygens (including phenoxy) is 2. The molecule has 0 fully saturated rings. The van der Waals surface area contributed by atoms with Crippen molar-refractivity contribution in [1.29, 1.82) is 0 Å². The predicted octanol–water partition coefficient (Wildman–Crippen LogP) is 8.09. The number of nitrogens with zero attached hydrogens (tertiary/aromatic N) is 2. The molecule has 6 heteroatoms. The zero-order valence-electron chi connectivity index (χ0n) is 20.3. The van der Waals surface area contributed by atoms with Gasteiger partial charge in [0.25, 0.3) is 0 Å². The molecule has 0 N–H and O–H groups in total. The van der Waals surface area contributed by atoms with Gasteiger partial charge in [-0.3, -0.25) is 9.98 Å². The SMILES string of the molecule is COc1ccc(C=Nc2ccccc2SCCSc2ccccc2N=Cc2ccc(OC)cc2)cc1. The first-order valence-electron chi connectivity index (χ1n) is 11.5. The third-order valence-electron chi connectivity index (χ3n) is 5.27. The van der Waals surface area contributed by atoms with Gasteiger partial charge >= 0.3 is 0 Å². The van der Waals surface area contributed by atoms with Crippen LogP contribution in [0, 0.1) is 0 Å². The molecule has 0 saturated heterocycles. The third kappa shape index (κ3) is 7.51. The molecule has 0 bridgehead atoms. The lowest BCUT2D eigenvalue weighted by molar-refractivity contribution is 0.414. The number of benzene rings is 4. The summed E-state index contributed by atoms with van der Waals surface area (Å²) < 4.78 is 10.5. The van der Waals surface area contributed by atoms with Crippen LogP contribution in [0.5, 0.6) is 11.5 Å². The van der Waals surface area contributed by atoms with E-state index >= 15 is 0 Å². The number of rotatable bonds is 11. The fourth-order valence-corrected chi connectivity index (χ4v) is 5.34. The average Bonchev–Trinajstić information content (AvgIpc) is 2.94. The van der Waals surface area contributed by atoms with Gasteiger partial charge in [0.1, 0.15) is 11.5 Å². The van der Waals surface area contributed by atoms with Gasteiger partial charge < -0.3 is 9.47 Å². The van der Waals surface area contributed by atoms with Gasteiger partial charge in [0.15, 0.2) is 0 Å². The van der Waals surface area contributed by atoms with Gasteiger partial charge in [-0.2, -0.15) is 0 Å². The highest BCUT2D eigenvalue weighted by Crippen LogP contribution is 2.33. The second kappa shape index (κ2) is 13.6. The van der Waals surface area contributed by atoms with Gasteiger partial charge in [0.05, 0.1) is 25.6 Å². The minimum atomic E-state index is 0.841. The molecule has 0 radical (unpaired) electrons. The van der Waals surface area contributed by atoms with Crippen LogP contribution in [0.4, 0.5) is 11.4 Å². The van der Waals surface area contributed by atoms with Crippen LogP contribution in [0.15, 0.2) is 117 Å². The van der Waals surface area contributed by atoms with Crippen LogP contribution >= 0.6 is 23.5 Å². The van der Waals surface area contributed by atoms with Crippen molar-refractivity contribution in [2.75, 3.05) is 25.7 Å². The molecule has 0 atom stereocenters. The maximum Gasteiger partial charge on any atom is 0.118 e. The lowest BCUT2D eigenvalue weighted by Crippen LogP contribution is -1.87. The van der Waals surface area contributed by atoms with Crippen molar-refractivity contribution in [3.8, 4) is 11.5 Å².